The van der Waals surface area contributed by atoms with Crippen LogP contribution < -0.4 is 5.73 Å². The Kier molecular flexibility index (Phi) is 10.6. The highest BCUT2D eigenvalue weighted by atomic mass is 16.4. The maximum Gasteiger partial charge on any atom is 0.322 e. The molecule has 4 nitrogen and oxygen atoms in total. The predicted molar refractivity (Wildman–Crippen MR) is 112 cm³/mol. The summed E-state index contributed by atoms with van der Waals surface area (Å²) in [6.07, 6.45) is 12.2. The molecule has 140 valence electrons. The van der Waals surface area contributed by atoms with Crippen LogP contribution in [0.2, 0.25) is 0 Å². The minimum Gasteiger partial charge on any atom is -0.480 e. The van der Waals surface area contributed by atoms with Crippen LogP contribution in [0.15, 0.2) is 97.1 Å². The molecule has 0 amide bonds. The Morgan fingerprint density at radius 2 is 1.44 bits per heavy atom. The fourth-order valence-electron chi connectivity index (χ4n) is 1.81. The van der Waals surface area contributed by atoms with Gasteiger partial charge in [-0.3, -0.25) is 4.79 Å². The molecule has 2 aromatic rings. The number of aliphatic hydroxyl groups is 1. The van der Waals surface area contributed by atoms with E-state index in [1.54, 1.807) is 0 Å². The Hall–Kier alpha value is -3.21. The minimum atomic E-state index is -1.18. The Bertz CT molecular complexity index is 778. The van der Waals surface area contributed by atoms with Gasteiger partial charge in [-0.25, -0.2) is 0 Å². The van der Waals surface area contributed by atoms with Crippen LogP contribution in [0.25, 0.3) is 12.2 Å². The van der Waals surface area contributed by atoms with Crippen molar-refractivity contribution in [3.05, 3.63) is 108 Å². The van der Waals surface area contributed by atoms with Crippen molar-refractivity contribution in [2.75, 3.05) is 6.61 Å². The molecule has 0 spiro atoms. The summed E-state index contributed by atoms with van der Waals surface area (Å²) in [6, 6.07) is 19.3. The number of benzene rings is 2. The molecule has 0 radical (unpaired) electrons. The number of carbonyl (C=O) groups is 1. The van der Waals surface area contributed by atoms with Gasteiger partial charge in [0.1, 0.15) is 6.04 Å². The lowest BCUT2D eigenvalue weighted by molar-refractivity contribution is -0.139. The second-order valence-electron chi connectivity index (χ2n) is 5.58. The van der Waals surface area contributed by atoms with Crippen LogP contribution in [0.3, 0.4) is 0 Å². The highest BCUT2D eigenvalue weighted by Gasteiger charge is 2.07. The maximum absolute atomic E-state index is 9.65. The van der Waals surface area contributed by atoms with Gasteiger partial charge < -0.3 is 15.9 Å². The average molecular weight is 363 g/mol. The van der Waals surface area contributed by atoms with E-state index in [-0.39, 0.29) is 0 Å². The van der Waals surface area contributed by atoms with Gasteiger partial charge in [0, 0.05) is 0 Å². The van der Waals surface area contributed by atoms with Gasteiger partial charge in [0.15, 0.2) is 0 Å². The quantitative estimate of drug-likeness (QED) is 0.651. The van der Waals surface area contributed by atoms with Gasteiger partial charge in [-0.05, 0) is 16.7 Å². The van der Waals surface area contributed by atoms with Crippen LogP contribution in [0.1, 0.15) is 11.1 Å². The molecule has 0 bridgehead atoms. The van der Waals surface area contributed by atoms with E-state index in [9.17, 15) is 4.79 Å². The Morgan fingerprint density at radius 3 is 1.89 bits per heavy atom. The third kappa shape index (κ3) is 10.4. The number of hydrogen-bond donors (Lipinski definition) is 3. The van der Waals surface area contributed by atoms with Crippen molar-refractivity contribution >= 4 is 18.1 Å². The van der Waals surface area contributed by atoms with Crippen molar-refractivity contribution in [1.29, 1.82) is 0 Å². The predicted octanol–water partition coefficient (Wildman–Crippen LogP) is 3.92. The molecule has 4 N–H and O–H groups in total. The van der Waals surface area contributed by atoms with Crippen molar-refractivity contribution < 1.29 is 15.0 Å². The van der Waals surface area contributed by atoms with E-state index < -0.39 is 18.6 Å². The fourth-order valence-corrected chi connectivity index (χ4v) is 1.81. The Labute approximate surface area is 160 Å². The van der Waals surface area contributed by atoms with E-state index in [1.807, 2.05) is 60.7 Å². The first-order chi connectivity index (χ1) is 13.0. The van der Waals surface area contributed by atoms with Crippen molar-refractivity contribution in [3.8, 4) is 0 Å². The van der Waals surface area contributed by atoms with Gasteiger partial charge in [0.2, 0.25) is 0 Å². The van der Waals surface area contributed by atoms with E-state index in [0.29, 0.717) is 0 Å². The van der Waals surface area contributed by atoms with E-state index in [0.717, 1.165) is 5.57 Å². The standard InChI is InChI=1S/C20H18.C3H7NO3/c1-18(16-17-20-13-6-3-7-14-20)10-8-9-15-19-11-4-2-5-12-19;4-2(1-5)3(6)7/h2-17H,1H2;2,5H,1,4H2,(H,6,7)/t;2-/m.0/s1. The highest BCUT2D eigenvalue weighted by molar-refractivity contribution is 5.73. The van der Waals surface area contributed by atoms with Crippen molar-refractivity contribution in [1.82, 2.24) is 0 Å². The molecule has 2 rings (SSSR count). The smallest absolute Gasteiger partial charge is 0.322 e. The van der Waals surface area contributed by atoms with Crippen molar-refractivity contribution in [2.24, 2.45) is 5.73 Å². The number of carboxylic acid groups (broad SMARTS) is 1. The Morgan fingerprint density at radius 1 is 0.926 bits per heavy atom. The van der Waals surface area contributed by atoms with E-state index in [4.69, 9.17) is 15.9 Å². The van der Waals surface area contributed by atoms with Gasteiger partial charge in [-0.15, -0.1) is 0 Å². The molecule has 1 atom stereocenters. The number of aliphatic carboxylic acids is 1. The summed E-state index contributed by atoms with van der Waals surface area (Å²) in [4.78, 5) is 9.65. The molecule has 0 fully saturated rings. The van der Waals surface area contributed by atoms with Crippen LogP contribution in [0.4, 0.5) is 0 Å². The summed E-state index contributed by atoms with van der Waals surface area (Å²) in [5, 5.41) is 15.9. The zero-order valence-electron chi connectivity index (χ0n) is 15.1. The van der Waals surface area contributed by atoms with Gasteiger partial charge in [0.25, 0.3) is 0 Å². The van der Waals surface area contributed by atoms with E-state index in [2.05, 4.69) is 43.0 Å². The van der Waals surface area contributed by atoms with Crippen LogP contribution in [-0.2, 0) is 4.79 Å². The summed E-state index contributed by atoms with van der Waals surface area (Å²) in [5.41, 5.74) is 8.12. The largest absolute Gasteiger partial charge is 0.480 e. The molecule has 0 saturated carbocycles. The second kappa shape index (κ2) is 13.1. The molecular formula is C23H25NO3. The number of nitrogens with two attached hydrogens (primary N) is 1. The molecule has 0 aliphatic rings. The fraction of sp³-hybridized carbons (Fsp3) is 0.0870. The first-order valence-corrected chi connectivity index (χ1v) is 8.44. The first-order valence-electron chi connectivity index (χ1n) is 8.44. The number of aliphatic hydroxyl groups excluding tert-OH is 1. The monoisotopic (exact) mass is 363 g/mol. The summed E-state index contributed by atoms with van der Waals surface area (Å²) < 4.78 is 0. The van der Waals surface area contributed by atoms with Crippen molar-refractivity contribution in [3.63, 3.8) is 0 Å². The van der Waals surface area contributed by atoms with Gasteiger partial charge in [-0.1, -0.05) is 104 Å². The SMILES string of the molecule is C=C(C=CC=Cc1ccccc1)C=Cc1ccccc1.N[C@@H](CO)C(=O)O. The lowest BCUT2D eigenvalue weighted by Crippen LogP contribution is -2.33. The number of hydrogen-bond acceptors (Lipinski definition) is 3. The van der Waals surface area contributed by atoms with Crippen LogP contribution in [0, 0.1) is 0 Å². The third-order valence-corrected chi connectivity index (χ3v) is 3.31. The van der Waals surface area contributed by atoms with E-state index >= 15 is 0 Å². The van der Waals surface area contributed by atoms with Crippen LogP contribution in [-0.4, -0.2) is 28.8 Å². The van der Waals surface area contributed by atoms with Gasteiger partial charge in [-0.2, -0.15) is 0 Å². The number of carboxylic acids is 1. The summed E-state index contributed by atoms with van der Waals surface area (Å²) in [5.74, 6) is -1.18. The third-order valence-electron chi connectivity index (χ3n) is 3.31. The summed E-state index contributed by atoms with van der Waals surface area (Å²) in [6.45, 7) is 3.50. The van der Waals surface area contributed by atoms with Gasteiger partial charge in [0.05, 0.1) is 6.61 Å². The number of allylic oxidation sites excluding steroid dienone is 5. The van der Waals surface area contributed by atoms with Crippen LogP contribution in [0.5, 0.6) is 0 Å². The zero-order valence-corrected chi connectivity index (χ0v) is 15.1. The molecule has 2 aromatic carbocycles. The summed E-state index contributed by atoms with van der Waals surface area (Å²) >= 11 is 0. The Balaban J connectivity index is 0.000000445. The minimum absolute atomic E-state index is 0.505. The molecule has 0 aromatic heterocycles. The zero-order chi connectivity index (χ0) is 19.9. The van der Waals surface area contributed by atoms with Crippen molar-refractivity contribution in [2.45, 2.75) is 6.04 Å². The van der Waals surface area contributed by atoms with E-state index in [1.165, 1.54) is 11.1 Å². The first kappa shape index (κ1) is 21.8. The molecule has 0 heterocycles. The molecule has 27 heavy (non-hydrogen) atoms. The average Bonchev–Trinajstić information content (AvgIpc) is 2.71. The second-order valence-corrected chi connectivity index (χ2v) is 5.58. The van der Waals surface area contributed by atoms with Gasteiger partial charge >= 0.3 is 5.97 Å². The molecule has 4 heteroatoms. The molecule has 0 unspecified atom stereocenters. The normalized spacial score (nSPS) is 12.1. The number of rotatable bonds is 7. The molecular weight excluding hydrogens is 338 g/mol. The topological polar surface area (TPSA) is 83.5 Å². The lowest BCUT2D eigenvalue weighted by atomic mass is 10.1. The molecule has 0 aliphatic heterocycles. The molecule has 0 aliphatic carbocycles. The lowest BCUT2D eigenvalue weighted by Gasteiger charge is -1.96. The highest BCUT2D eigenvalue weighted by Crippen LogP contribution is 2.05. The van der Waals surface area contributed by atoms with Crippen LogP contribution >= 0.6 is 0 Å². The maximum atomic E-state index is 9.65. The summed E-state index contributed by atoms with van der Waals surface area (Å²) in [7, 11) is 0. The molecule has 0 saturated heterocycles.